The van der Waals surface area contributed by atoms with Gasteiger partial charge >= 0.3 is 0 Å². The van der Waals surface area contributed by atoms with Gasteiger partial charge in [-0.15, -0.1) is 0 Å². The van der Waals surface area contributed by atoms with Gasteiger partial charge in [0.2, 0.25) is 0 Å². The van der Waals surface area contributed by atoms with Gasteiger partial charge in [0.1, 0.15) is 5.75 Å². The van der Waals surface area contributed by atoms with Gasteiger partial charge in [-0.2, -0.15) is 0 Å². The first kappa shape index (κ1) is 19.5. The minimum Gasteiger partial charge on any atom is -0.497 e. The molecular weight excluding hydrogens is 439 g/mol. The fourth-order valence-electron chi connectivity index (χ4n) is 4.68. The van der Waals surface area contributed by atoms with Crippen molar-refractivity contribution in [2.24, 2.45) is 0 Å². The lowest BCUT2D eigenvalue weighted by molar-refractivity contribution is 0.415. The third kappa shape index (κ3) is 3.12. The molecule has 1 aliphatic rings. The molecule has 1 unspecified atom stereocenters. The molecule has 3 nitrogen and oxygen atoms in total. The maximum absolute atomic E-state index is 6.36. The molecule has 156 valence electrons. The van der Waals surface area contributed by atoms with Crippen molar-refractivity contribution in [1.82, 2.24) is 9.97 Å². The average Bonchev–Trinajstić information content (AvgIpc) is 2.82. The Balaban J connectivity index is 1.56. The van der Waals surface area contributed by atoms with Crippen molar-refractivity contribution < 1.29 is 4.74 Å². The fourth-order valence-corrected chi connectivity index (χ4v) is 4.99. The molecule has 32 heavy (non-hydrogen) atoms. The van der Waals surface area contributed by atoms with E-state index in [4.69, 9.17) is 37.9 Å². The number of benzene rings is 3. The third-order valence-electron chi connectivity index (χ3n) is 6.24. The van der Waals surface area contributed by atoms with Crippen molar-refractivity contribution in [2.45, 2.75) is 12.3 Å². The Morgan fingerprint density at radius 3 is 2.56 bits per heavy atom. The second-order valence-corrected chi connectivity index (χ2v) is 8.92. The zero-order valence-electron chi connectivity index (χ0n) is 17.3. The Labute approximate surface area is 195 Å². The van der Waals surface area contributed by atoms with Gasteiger partial charge in [0.25, 0.3) is 0 Å². The number of methoxy groups -OCH3 is 1. The topological polar surface area (TPSA) is 35.0 Å². The molecule has 0 N–H and O–H groups in total. The van der Waals surface area contributed by atoms with E-state index < -0.39 is 0 Å². The van der Waals surface area contributed by atoms with Crippen LogP contribution in [0.2, 0.25) is 10.0 Å². The molecule has 6 rings (SSSR count). The Morgan fingerprint density at radius 2 is 1.72 bits per heavy atom. The highest BCUT2D eigenvalue weighted by Gasteiger charge is 2.27. The van der Waals surface area contributed by atoms with Crippen LogP contribution in [-0.4, -0.2) is 17.1 Å². The number of pyridine rings is 2. The van der Waals surface area contributed by atoms with Crippen LogP contribution >= 0.6 is 23.2 Å². The van der Waals surface area contributed by atoms with Gasteiger partial charge in [0, 0.05) is 22.3 Å². The van der Waals surface area contributed by atoms with Gasteiger partial charge in [-0.1, -0.05) is 53.5 Å². The predicted octanol–water partition coefficient (Wildman–Crippen LogP) is 7.45. The van der Waals surface area contributed by atoms with Gasteiger partial charge in [-0.3, -0.25) is 0 Å². The first-order valence-corrected chi connectivity index (χ1v) is 11.2. The van der Waals surface area contributed by atoms with Crippen molar-refractivity contribution in [3.05, 3.63) is 99.5 Å². The van der Waals surface area contributed by atoms with Crippen molar-refractivity contribution in [1.29, 1.82) is 0 Å². The van der Waals surface area contributed by atoms with Crippen LogP contribution in [0.1, 0.15) is 22.6 Å². The molecule has 0 aliphatic heterocycles. The van der Waals surface area contributed by atoms with E-state index in [2.05, 4.69) is 42.5 Å². The molecule has 0 amide bonds. The van der Waals surface area contributed by atoms with Crippen molar-refractivity contribution >= 4 is 45.1 Å². The molecule has 2 heterocycles. The molecule has 0 radical (unpaired) electrons. The van der Waals surface area contributed by atoms with E-state index in [0.717, 1.165) is 50.9 Å². The lowest BCUT2D eigenvalue weighted by Crippen LogP contribution is -2.14. The molecule has 0 bridgehead atoms. The average molecular weight is 457 g/mol. The van der Waals surface area contributed by atoms with Crippen LogP contribution in [0.3, 0.4) is 0 Å². The number of halogens is 2. The Hall–Kier alpha value is -3.14. The SMILES string of the molecule is COc1ccc2nc3nc4c(cc3cc2c1)CC(c1ccc(Cl)c(Cl)c1)c1ccccc1-4. The van der Waals surface area contributed by atoms with Crippen LogP contribution in [0.15, 0.2) is 72.8 Å². The molecule has 1 atom stereocenters. The van der Waals surface area contributed by atoms with Crippen LogP contribution in [0, 0.1) is 0 Å². The summed E-state index contributed by atoms with van der Waals surface area (Å²) < 4.78 is 5.38. The molecule has 0 saturated carbocycles. The lowest BCUT2D eigenvalue weighted by Gasteiger charge is -2.28. The molecular formula is C27H18Cl2N2O. The van der Waals surface area contributed by atoms with E-state index in [1.807, 2.05) is 30.3 Å². The van der Waals surface area contributed by atoms with Crippen molar-refractivity contribution in [3.8, 4) is 17.0 Å². The molecule has 3 aromatic carbocycles. The minimum atomic E-state index is 0.182. The standard InChI is InChI=1S/C27H18Cl2N2O/c1-32-19-7-9-25-16(12-19)10-18-11-17-13-22(15-6-8-23(28)24(29)14-15)20-4-2-3-5-21(20)26(17)31-27(18)30-25/h2-12,14,22H,13H2,1H3. The van der Waals surface area contributed by atoms with Gasteiger partial charge in [0.05, 0.1) is 28.4 Å². The van der Waals surface area contributed by atoms with Crippen LogP contribution in [-0.2, 0) is 6.42 Å². The van der Waals surface area contributed by atoms with Gasteiger partial charge in [-0.05, 0) is 65.6 Å². The van der Waals surface area contributed by atoms with Crippen molar-refractivity contribution in [2.75, 3.05) is 7.11 Å². The zero-order valence-corrected chi connectivity index (χ0v) is 18.8. The summed E-state index contributed by atoms with van der Waals surface area (Å²) in [5.41, 5.74) is 7.41. The monoisotopic (exact) mass is 456 g/mol. The summed E-state index contributed by atoms with van der Waals surface area (Å²) in [5, 5.41) is 3.21. The highest BCUT2D eigenvalue weighted by Crippen LogP contribution is 2.43. The van der Waals surface area contributed by atoms with E-state index in [1.165, 1.54) is 11.1 Å². The lowest BCUT2D eigenvalue weighted by atomic mass is 9.77. The van der Waals surface area contributed by atoms with E-state index >= 15 is 0 Å². The van der Waals surface area contributed by atoms with Crippen LogP contribution < -0.4 is 4.74 Å². The van der Waals surface area contributed by atoms with E-state index in [0.29, 0.717) is 10.0 Å². The molecule has 5 aromatic rings. The number of hydrogen-bond acceptors (Lipinski definition) is 3. The summed E-state index contributed by atoms with van der Waals surface area (Å²) in [6, 6.07) is 24.7. The maximum Gasteiger partial charge on any atom is 0.160 e. The van der Waals surface area contributed by atoms with Crippen LogP contribution in [0.4, 0.5) is 0 Å². The minimum absolute atomic E-state index is 0.182. The molecule has 0 fully saturated rings. The maximum atomic E-state index is 6.36. The summed E-state index contributed by atoms with van der Waals surface area (Å²) >= 11 is 12.5. The quantitative estimate of drug-likeness (QED) is 0.258. The number of ether oxygens (including phenoxy) is 1. The number of aromatic nitrogens is 2. The summed E-state index contributed by atoms with van der Waals surface area (Å²) in [6.07, 6.45) is 0.837. The second kappa shape index (κ2) is 7.47. The zero-order chi connectivity index (χ0) is 21.8. The molecule has 1 aliphatic carbocycles. The number of nitrogens with zero attached hydrogens (tertiary/aromatic N) is 2. The van der Waals surface area contributed by atoms with E-state index in [1.54, 1.807) is 7.11 Å². The smallest absolute Gasteiger partial charge is 0.160 e. The van der Waals surface area contributed by atoms with Gasteiger partial charge in [-0.25, -0.2) is 9.97 Å². The number of fused-ring (bicyclic) bond motifs is 5. The van der Waals surface area contributed by atoms with Gasteiger partial charge < -0.3 is 4.74 Å². The predicted molar refractivity (Wildman–Crippen MR) is 131 cm³/mol. The van der Waals surface area contributed by atoms with Crippen LogP contribution in [0.5, 0.6) is 5.75 Å². The summed E-state index contributed by atoms with van der Waals surface area (Å²) in [7, 11) is 1.67. The second-order valence-electron chi connectivity index (χ2n) is 8.11. The third-order valence-corrected chi connectivity index (χ3v) is 6.98. The first-order valence-electron chi connectivity index (χ1n) is 10.4. The van der Waals surface area contributed by atoms with Gasteiger partial charge in [0.15, 0.2) is 5.65 Å². The van der Waals surface area contributed by atoms with Crippen LogP contribution in [0.25, 0.3) is 33.2 Å². The number of rotatable bonds is 2. The Bertz CT molecular complexity index is 1530. The van der Waals surface area contributed by atoms with E-state index in [9.17, 15) is 0 Å². The summed E-state index contributed by atoms with van der Waals surface area (Å²) in [4.78, 5) is 9.85. The van der Waals surface area contributed by atoms with E-state index in [-0.39, 0.29) is 5.92 Å². The number of hydrogen-bond donors (Lipinski definition) is 0. The normalized spacial score (nSPS) is 14.9. The highest BCUT2D eigenvalue weighted by molar-refractivity contribution is 6.42. The molecule has 0 spiro atoms. The highest BCUT2D eigenvalue weighted by atomic mass is 35.5. The fraction of sp³-hybridized carbons (Fsp3) is 0.111. The molecule has 2 aromatic heterocycles. The molecule has 5 heteroatoms. The first-order chi connectivity index (χ1) is 15.6. The summed E-state index contributed by atoms with van der Waals surface area (Å²) in [5.74, 6) is 0.999. The Kier molecular flexibility index (Phi) is 4.56. The van der Waals surface area contributed by atoms with Crippen molar-refractivity contribution in [3.63, 3.8) is 0 Å². The summed E-state index contributed by atoms with van der Waals surface area (Å²) in [6.45, 7) is 0. The largest absolute Gasteiger partial charge is 0.497 e. The Morgan fingerprint density at radius 1 is 0.844 bits per heavy atom. The molecule has 0 saturated heterocycles.